The Bertz CT molecular complexity index is 204. The maximum atomic E-state index is 11.7. The lowest BCUT2D eigenvalue weighted by atomic mass is 10.1. The van der Waals surface area contributed by atoms with E-state index < -0.39 is 0 Å². The Morgan fingerprint density at radius 2 is 2.27 bits per heavy atom. The summed E-state index contributed by atoms with van der Waals surface area (Å²) < 4.78 is 5.10. The van der Waals surface area contributed by atoms with Crippen molar-refractivity contribution in [2.45, 2.75) is 39.2 Å². The number of hydrogen-bond donors (Lipinski definition) is 0. The number of ether oxygens (including phenoxy) is 1. The molecule has 88 valence electrons. The van der Waals surface area contributed by atoms with Crippen molar-refractivity contribution in [1.29, 1.82) is 0 Å². The standard InChI is InChI=1S/C12H23NO2/c1-10(2)9-13(7-8-15-3)11-5-4-6-12(11)14/h10-11H,4-9H2,1-3H3. The van der Waals surface area contributed by atoms with E-state index in [0.29, 0.717) is 11.7 Å². The molecule has 0 spiro atoms. The van der Waals surface area contributed by atoms with E-state index in [0.717, 1.165) is 39.0 Å². The number of ketones is 1. The second kappa shape index (κ2) is 6.23. The lowest BCUT2D eigenvalue weighted by molar-refractivity contribution is -0.122. The second-order valence-corrected chi connectivity index (χ2v) is 4.76. The number of carbonyl (C=O) groups excluding carboxylic acids is 1. The SMILES string of the molecule is COCCN(CC(C)C)C1CCCC1=O. The Labute approximate surface area is 92.8 Å². The molecule has 15 heavy (non-hydrogen) atoms. The highest BCUT2D eigenvalue weighted by Crippen LogP contribution is 2.21. The molecular weight excluding hydrogens is 190 g/mol. The third-order valence-corrected chi connectivity index (χ3v) is 2.90. The summed E-state index contributed by atoms with van der Waals surface area (Å²) in [6, 6.07) is 0.169. The van der Waals surface area contributed by atoms with Gasteiger partial charge in [0.2, 0.25) is 0 Å². The van der Waals surface area contributed by atoms with Crippen LogP contribution in [0.5, 0.6) is 0 Å². The summed E-state index contributed by atoms with van der Waals surface area (Å²) >= 11 is 0. The third kappa shape index (κ3) is 3.92. The van der Waals surface area contributed by atoms with Gasteiger partial charge in [0.25, 0.3) is 0 Å². The van der Waals surface area contributed by atoms with E-state index in [-0.39, 0.29) is 6.04 Å². The Balaban J connectivity index is 2.49. The molecule has 0 N–H and O–H groups in total. The topological polar surface area (TPSA) is 29.5 Å². The van der Waals surface area contributed by atoms with Crippen LogP contribution in [0.15, 0.2) is 0 Å². The van der Waals surface area contributed by atoms with Gasteiger partial charge in [0.15, 0.2) is 0 Å². The molecule has 3 nitrogen and oxygen atoms in total. The van der Waals surface area contributed by atoms with Crippen LogP contribution in [0, 0.1) is 5.92 Å². The molecule has 0 bridgehead atoms. The second-order valence-electron chi connectivity index (χ2n) is 4.76. The molecule has 0 heterocycles. The molecule has 0 aromatic carbocycles. The Morgan fingerprint density at radius 3 is 2.73 bits per heavy atom. The van der Waals surface area contributed by atoms with Crippen LogP contribution < -0.4 is 0 Å². The predicted octanol–water partition coefficient (Wildman–Crippen LogP) is 1.71. The Morgan fingerprint density at radius 1 is 1.53 bits per heavy atom. The van der Waals surface area contributed by atoms with E-state index >= 15 is 0 Å². The van der Waals surface area contributed by atoms with Gasteiger partial charge in [-0.05, 0) is 18.8 Å². The molecule has 0 saturated heterocycles. The minimum absolute atomic E-state index is 0.169. The molecule has 0 amide bonds. The van der Waals surface area contributed by atoms with Crippen LogP contribution in [0.2, 0.25) is 0 Å². The first kappa shape index (κ1) is 12.7. The van der Waals surface area contributed by atoms with Crippen molar-refractivity contribution in [3.63, 3.8) is 0 Å². The van der Waals surface area contributed by atoms with Crippen LogP contribution in [-0.2, 0) is 9.53 Å². The average molecular weight is 213 g/mol. The van der Waals surface area contributed by atoms with E-state index in [1.54, 1.807) is 7.11 Å². The fraction of sp³-hybridized carbons (Fsp3) is 0.917. The molecule has 1 aliphatic rings. The van der Waals surface area contributed by atoms with Crippen molar-refractivity contribution in [1.82, 2.24) is 4.90 Å². The van der Waals surface area contributed by atoms with Gasteiger partial charge >= 0.3 is 0 Å². The average Bonchev–Trinajstić information content (AvgIpc) is 2.58. The number of carbonyl (C=O) groups is 1. The molecule has 1 rings (SSSR count). The van der Waals surface area contributed by atoms with Crippen LogP contribution in [0.4, 0.5) is 0 Å². The van der Waals surface area contributed by atoms with Gasteiger partial charge in [0.05, 0.1) is 12.6 Å². The highest BCUT2D eigenvalue weighted by Gasteiger charge is 2.29. The van der Waals surface area contributed by atoms with E-state index in [1.807, 2.05) is 0 Å². The molecule has 1 fully saturated rings. The van der Waals surface area contributed by atoms with Crippen molar-refractivity contribution >= 4 is 5.78 Å². The smallest absolute Gasteiger partial charge is 0.149 e. The zero-order valence-electron chi connectivity index (χ0n) is 10.2. The molecule has 3 heteroatoms. The summed E-state index contributed by atoms with van der Waals surface area (Å²) in [4.78, 5) is 14.0. The lowest BCUT2D eigenvalue weighted by Gasteiger charge is -2.28. The van der Waals surface area contributed by atoms with Crippen molar-refractivity contribution in [2.75, 3.05) is 26.8 Å². The van der Waals surface area contributed by atoms with Gasteiger partial charge in [-0.3, -0.25) is 9.69 Å². The first-order valence-electron chi connectivity index (χ1n) is 5.91. The largest absolute Gasteiger partial charge is 0.383 e. The molecule has 0 aromatic heterocycles. The molecule has 0 aliphatic heterocycles. The number of methoxy groups -OCH3 is 1. The van der Waals surface area contributed by atoms with Gasteiger partial charge in [0.1, 0.15) is 5.78 Å². The molecule has 0 aromatic rings. The highest BCUT2D eigenvalue weighted by atomic mass is 16.5. The summed E-state index contributed by atoms with van der Waals surface area (Å²) in [5.41, 5.74) is 0. The van der Waals surface area contributed by atoms with E-state index in [4.69, 9.17) is 4.74 Å². The summed E-state index contributed by atoms with van der Waals surface area (Å²) in [5, 5.41) is 0. The van der Waals surface area contributed by atoms with Gasteiger partial charge in [-0.1, -0.05) is 13.8 Å². The fourth-order valence-corrected chi connectivity index (χ4v) is 2.24. The summed E-state index contributed by atoms with van der Waals surface area (Å²) in [5.74, 6) is 1.03. The number of nitrogens with zero attached hydrogens (tertiary/aromatic N) is 1. The minimum Gasteiger partial charge on any atom is -0.383 e. The van der Waals surface area contributed by atoms with E-state index in [9.17, 15) is 4.79 Å². The zero-order chi connectivity index (χ0) is 11.3. The van der Waals surface area contributed by atoms with E-state index in [1.165, 1.54) is 0 Å². The number of hydrogen-bond acceptors (Lipinski definition) is 3. The Kier molecular flexibility index (Phi) is 5.26. The minimum atomic E-state index is 0.169. The van der Waals surface area contributed by atoms with Gasteiger partial charge < -0.3 is 4.74 Å². The predicted molar refractivity (Wildman–Crippen MR) is 60.9 cm³/mol. The zero-order valence-corrected chi connectivity index (χ0v) is 10.2. The van der Waals surface area contributed by atoms with Crippen LogP contribution in [0.1, 0.15) is 33.1 Å². The number of Topliss-reactive ketones (excluding diaryl/α,β-unsaturated/α-hetero) is 1. The molecule has 1 aliphatic carbocycles. The number of rotatable bonds is 6. The summed E-state index contributed by atoms with van der Waals surface area (Å²) in [7, 11) is 1.71. The van der Waals surface area contributed by atoms with Gasteiger partial charge in [-0.25, -0.2) is 0 Å². The van der Waals surface area contributed by atoms with Crippen LogP contribution in [0.25, 0.3) is 0 Å². The van der Waals surface area contributed by atoms with Gasteiger partial charge in [0, 0.05) is 26.6 Å². The van der Waals surface area contributed by atoms with Crippen molar-refractivity contribution in [3.05, 3.63) is 0 Å². The first-order chi connectivity index (χ1) is 7.15. The van der Waals surface area contributed by atoms with Crippen molar-refractivity contribution in [2.24, 2.45) is 5.92 Å². The Hall–Kier alpha value is -0.410. The van der Waals surface area contributed by atoms with Crippen molar-refractivity contribution < 1.29 is 9.53 Å². The quantitative estimate of drug-likeness (QED) is 0.672. The van der Waals surface area contributed by atoms with Crippen LogP contribution >= 0.6 is 0 Å². The summed E-state index contributed by atoms with van der Waals surface area (Å²) in [6.45, 7) is 6.99. The third-order valence-electron chi connectivity index (χ3n) is 2.90. The van der Waals surface area contributed by atoms with Crippen molar-refractivity contribution in [3.8, 4) is 0 Å². The molecule has 0 radical (unpaired) electrons. The normalized spacial score (nSPS) is 21.9. The van der Waals surface area contributed by atoms with E-state index in [2.05, 4.69) is 18.7 Å². The monoisotopic (exact) mass is 213 g/mol. The molecular formula is C12H23NO2. The molecule has 1 atom stereocenters. The van der Waals surface area contributed by atoms with Gasteiger partial charge in [-0.2, -0.15) is 0 Å². The molecule has 1 saturated carbocycles. The lowest BCUT2D eigenvalue weighted by Crippen LogP contribution is -2.42. The highest BCUT2D eigenvalue weighted by molar-refractivity contribution is 5.85. The maximum Gasteiger partial charge on any atom is 0.149 e. The summed E-state index contributed by atoms with van der Waals surface area (Å²) in [6.07, 6.45) is 2.87. The van der Waals surface area contributed by atoms with Crippen LogP contribution in [0.3, 0.4) is 0 Å². The fourth-order valence-electron chi connectivity index (χ4n) is 2.24. The van der Waals surface area contributed by atoms with Gasteiger partial charge in [-0.15, -0.1) is 0 Å². The maximum absolute atomic E-state index is 11.7. The molecule has 1 unspecified atom stereocenters. The first-order valence-corrected chi connectivity index (χ1v) is 5.91. The van der Waals surface area contributed by atoms with Crippen LogP contribution in [-0.4, -0.2) is 43.5 Å².